The third-order valence-corrected chi connectivity index (χ3v) is 6.16. The van der Waals surface area contributed by atoms with E-state index < -0.39 is 20.5 Å². The zero-order valence-corrected chi connectivity index (χ0v) is 13.3. The van der Waals surface area contributed by atoms with Gasteiger partial charge in [-0.25, -0.2) is 13.9 Å². The summed E-state index contributed by atoms with van der Waals surface area (Å²) in [6, 6.07) is 14.8. The summed E-state index contributed by atoms with van der Waals surface area (Å²) in [5.41, 5.74) is 1.40. The van der Waals surface area contributed by atoms with Crippen molar-refractivity contribution in [2.45, 2.75) is 9.64 Å². The van der Waals surface area contributed by atoms with Gasteiger partial charge in [0, 0.05) is 0 Å². The molecule has 24 heavy (non-hydrogen) atoms. The fraction of sp³-hybridized carbons (Fsp3) is 0.188. The molecule has 0 saturated carbocycles. The van der Waals surface area contributed by atoms with Gasteiger partial charge in [-0.2, -0.15) is 0 Å². The second kappa shape index (κ2) is 6.23. The number of benzene rings is 2. The average molecular weight is 349 g/mol. The molecule has 126 valence electrons. The van der Waals surface area contributed by atoms with Gasteiger partial charge in [0.1, 0.15) is 11.5 Å². The number of rotatable bonds is 5. The largest absolute Gasteiger partial charge is 0.457 e. The zero-order valence-electron chi connectivity index (χ0n) is 12.5. The smallest absolute Gasteiger partial charge is 0.270 e. The van der Waals surface area contributed by atoms with E-state index >= 15 is 0 Å². The van der Waals surface area contributed by atoms with Crippen molar-refractivity contribution < 1.29 is 27.9 Å². The minimum atomic E-state index is -4.02. The van der Waals surface area contributed by atoms with Crippen molar-refractivity contribution in [2.75, 3.05) is 13.2 Å². The fourth-order valence-electron chi connectivity index (χ4n) is 2.33. The number of amides is 1. The van der Waals surface area contributed by atoms with Crippen molar-refractivity contribution in [2.24, 2.45) is 0 Å². The highest BCUT2D eigenvalue weighted by Crippen LogP contribution is 2.34. The maximum Gasteiger partial charge on any atom is 0.270 e. The minimum Gasteiger partial charge on any atom is -0.457 e. The molecule has 1 fully saturated rings. The maximum absolute atomic E-state index is 12.7. The minimum absolute atomic E-state index is 0.0465. The second-order valence-corrected chi connectivity index (χ2v) is 7.58. The van der Waals surface area contributed by atoms with Gasteiger partial charge in [0.05, 0.1) is 18.1 Å². The number of hydrogen-bond acceptors (Lipinski definition) is 6. The first kappa shape index (κ1) is 16.4. The van der Waals surface area contributed by atoms with Gasteiger partial charge >= 0.3 is 0 Å². The third kappa shape index (κ3) is 2.64. The quantitative estimate of drug-likeness (QED) is 0.627. The first-order valence-corrected chi connectivity index (χ1v) is 8.58. The predicted molar refractivity (Wildman–Crippen MR) is 83.6 cm³/mol. The van der Waals surface area contributed by atoms with Gasteiger partial charge < -0.3 is 9.47 Å². The van der Waals surface area contributed by atoms with Crippen molar-refractivity contribution in [1.82, 2.24) is 5.48 Å². The van der Waals surface area contributed by atoms with Crippen LogP contribution < -0.4 is 10.2 Å². The maximum atomic E-state index is 12.7. The summed E-state index contributed by atoms with van der Waals surface area (Å²) < 4.78 is 34.1. The summed E-state index contributed by atoms with van der Waals surface area (Å²) in [6.45, 7) is -0.603. The third-order valence-electron chi connectivity index (χ3n) is 3.81. The van der Waals surface area contributed by atoms with E-state index in [0.29, 0.717) is 11.5 Å². The van der Waals surface area contributed by atoms with E-state index in [1.165, 1.54) is 29.7 Å². The number of ether oxygens (including phenoxy) is 2. The predicted octanol–water partition coefficient (Wildman–Crippen LogP) is 1.53. The van der Waals surface area contributed by atoms with E-state index in [1.54, 1.807) is 12.1 Å². The molecule has 8 heteroatoms. The van der Waals surface area contributed by atoms with Crippen LogP contribution in [0, 0.1) is 0 Å². The molecule has 0 radical (unpaired) electrons. The molecule has 2 aromatic rings. The monoisotopic (exact) mass is 349 g/mol. The Morgan fingerprint density at radius 2 is 1.62 bits per heavy atom. The summed E-state index contributed by atoms with van der Waals surface area (Å²) in [4.78, 5) is 11.8. The van der Waals surface area contributed by atoms with Crippen molar-refractivity contribution in [3.63, 3.8) is 0 Å². The Morgan fingerprint density at radius 3 is 2.12 bits per heavy atom. The number of sulfone groups is 1. The standard InChI is InChI=1S/C16H15NO6S/c18-15(17-19)16(10-22-11-16)24(20,21)14-8-6-13(7-9-14)23-12-4-2-1-3-5-12/h1-9,19H,10-11H2,(H,17,18). The lowest BCUT2D eigenvalue weighted by Crippen LogP contribution is -2.64. The van der Waals surface area contributed by atoms with Crippen LogP contribution in [0.4, 0.5) is 0 Å². The molecule has 2 N–H and O–H groups in total. The molecule has 0 atom stereocenters. The highest BCUT2D eigenvalue weighted by molar-refractivity contribution is 7.93. The van der Waals surface area contributed by atoms with Crippen LogP contribution in [-0.4, -0.2) is 37.5 Å². The molecule has 1 amide bonds. The molecule has 1 aliphatic rings. The molecular formula is C16H15NO6S. The van der Waals surface area contributed by atoms with Crippen LogP contribution in [0.2, 0.25) is 0 Å². The molecule has 0 spiro atoms. The molecule has 1 aliphatic heterocycles. The summed E-state index contributed by atoms with van der Waals surface area (Å²) in [7, 11) is -4.02. The first-order chi connectivity index (χ1) is 11.5. The molecular weight excluding hydrogens is 334 g/mol. The Hall–Kier alpha value is -2.42. The molecule has 0 bridgehead atoms. The van der Waals surface area contributed by atoms with Gasteiger partial charge in [-0.3, -0.25) is 10.0 Å². The van der Waals surface area contributed by atoms with Crippen LogP contribution >= 0.6 is 0 Å². The van der Waals surface area contributed by atoms with E-state index in [1.807, 2.05) is 18.2 Å². The Labute approximate surface area is 138 Å². The van der Waals surface area contributed by atoms with Gasteiger partial charge in [-0.1, -0.05) is 18.2 Å². The van der Waals surface area contributed by atoms with Gasteiger partial charge in [0.2, 0.25) is 4.75 Å². The number of carbonyl (C=O) groups excluding carboxylic acids is 1. The number of hydroxylamine groups is 1. The molecule has 7 nitrogen and oxygen atoms in total. The number of hydrogen-bond donors (Lipinski definition) is 2. The first-order valence-electron chi connectivity index (χ1n) is 7.09. The van der Waals surface area contributed by atoms with E-state index in [-0.39, 0.29) is 18.1 Å². The molecule has 3 rings (SSSR count). The molecule has 1 heterocycles. The lowest BCUT2D eigenvalue weighted by molar-refractivity contribution is -0.143. The molecule has 2 aromatic carbocycles. The lowest BCUT2D eigenvalue weighted by atomic mass is 10.1. The van der Waals surface area contributed by atoms with Crippen molar-refractivity contribution >= 4 is 15.7 Å². The Morgan fingerprint density at radius 1 is 1.04 bits per heavy atom. The Balaban J connectivity index is 1.86. The van der Waals surface area contributed by atoms with Gasteiger partial charge in [0.25, 0.3) is 5.91 Å². The van der Waals surface area contributed by atoms with Gasteiger partial charge in [-0.15, -0.1) is 0 Å². The van der Waals surface area contributed by atoms with Gasteiger partial charge in [0.15, 0.2) is 9.84 Å². The van der Waals surface area contributed by atoms with Crippen LogP contribution in [0.5, 0.6) is 11.5 Å². The SMILES string of the molecule is O=C(NO)C1(S(=O)(=O)c2ccc(Oc3ccccc3)cc2)COC1. The lowest BCUT2D eigenvalue weighted by Gasteiger charge is -2.37. The van der Waals surface area contributed by atoms with Crippen LogP contribution in [0.25, 0.3) is 0 Å². The van der Waals surface area contributed by atoms with E-state index in [4.69, 9.17) is 14.7 Å². The van der Waals surface area contributed by atoms with Crippen molar-refractivity contribution in [1.29, 1.82) is 0 Å². The van der Waals surface area contributed by atoms with Crippen LogP contribution in [0.1, 0.15) is 0 Å². The molecule has 0 aromatic heterocycles. The van der Waals surface area contributed by atoms with E-state index in [2.05, 4.69) is 0 Å². The van der Waals surface area contributed by atoms with Crippen molar-refractivity contribution in [3.05, 3.63) is 54.6 Å². The topological polar surface area (TPSA) is 102 Å². The van der Waals surface area contributed by atoms with Gasteiger partial charge in [-0.05, 0) is 36.4 Å². The van der Waals surface area contributed by atoms with Crippen LogP contribution in [-0.2, 0) is 19.4 Å². The molecule has 1 saturated heterocycles. The summed E-state index contributed by atoms with van der Waals surface area (Å²) in [5, 5.41) is 8.81. The summed E-state index contributed by atoms with van der Waals surface area (Å²) >= 11 is 0. The summed E-state index contributed by atoms with van der Waals surface area (Å²) in [6.07, 6.45) is 0. The van der Waals surface area contributed by atoms with E-state index in [9.17, 15) is 13.2 Å². The zero-order chi connectivity index (χ0) is 17.2. The number of nitrogens with one attached hydrogen (secondary N) is 1. The highest BCUT2D eigenvalue weighted by Gasteiger charge is 2.57. The number of para-hydroxylation sites is 1. The van der Waals surface area contributed by atoms with Crippen molar-refractivity contribution in [3.8, 4) is 11.5 Å². The second-order valence-electron chi connectivity index (χ2n) is 5.32. The van der Waals surface area contributed by atoms with E-state index in [0.717, 1.165) is 0 Å². The fourth-order valence-corrected chi connectivity index (χ4v) is 4.05. The highest BCUT2D eigenvalue weighted by atomic mass is 32.2. The van der Waals surface area contributed by atoms with Crippen LogP contribution in [0.15, 0.2) is 59.5 Å². The van der Waals surface area contributed by atoms with Crippen LogP contribution in [0.3, 0.4) is 0 Å². The number of carbonyl (C=O) groups is 1. The molecule has 0 aliphatic carbocycles. The Bertz CT molecular complexity index is 829. The Kier molecular flexibility index (Phi) is 4.27. The normalized spacial score (nSPS) is 16.0. The summed E-state index contributed by atoms with van der Waals surface area (Å²) in [5.74, 6) is 0.0839. The molecule has 0 unspecified atom stereocenters. The average Bonchev–Trinajstić information content (AvgIpc) is 2.55.